The van der Waals surface area contributed by atoms with Crippen LogP contribution in [0.5, 0.6) is 5.75 Å². The van der Waals surface area contributed by atoms with Crippen LogP contribution < -0.4 is 26.5 Å². The Morgan fingerprint density at radius 2 is 1.86 bits per heavy atom. The van der Waals surface area contributed by atoms with E-state index in [1.165, 1.54) is 22.3 Å². The lowest BCUT2D eigenvalue weighted by atomic mass is 9.92. The first-order chi connectivity index (χ1) is 21.2. The van der Waals surface area contributed by atoms with Gasteiger partial charge in [0.25, 0.3) is 5.91 Å². The van der Waals surface area contributed by atoms with Crippen LogP contribution in [0.4, 0.5) is 10.1 Å². The number of carbonyl (C=O) groups excluding carboxylic acids is 2. The van der Waals surface area contributed by atoms with E-state index in [9.17, 15) is 9.59 Å². The van der Waals surface area contributed by atoms with Crippen molar-refractivity contribution in [1.29, 1.82) is 0 Å². The quantitative estimate of drug-likeness (QED) is 0.216. The SMILES string of the molecule is COc1cc(N2CCNCC2)ccc1-c1cc(C2=CCCN(C(=O)CCN(N)/C=C\N)C2)c(F)c2[nH]c(C(=O)N(C)C)cc12. The highest BCUT2D eigenvalue weighted by Gasteiger charge is 2.26. The predicted molar refractivity (Wildman–Crippen MR) is 171 cm³/mol. The largest absolute Gasteiger partial charge is 0.496 e. The minimum atomic E-state index is -0.472. The van der Waals surface area contributed by atoms with Crippen LogP contribution in [0.3, 0.4) is 0 Å². The maximum Gasteiger partial charge on any atom is 0.269 e. The van der Waals surface area contributed by atoms with Crippen LogP contribution in [0.1, 0.15) is 28.9 Å². The maximum atomic E-state index is 16.4. The molecule has 11 nitrogen and oxygen atoms in total. The van der Waals surface area contributed by atoms with Gasteiger partial charge in [-0.25, -0.2) is 10.2 Å². The molecule has 1 aromatic heterocycles. The highest BCUT2D eigenvalue weighted by molar-refractivity contribution is 6.05. The molecular formula is C32H41FN8O3. The van der Waals surface area contributed by atoms with Crippen molar-refractivity contribution in [2.45, 2.75) is 12.8 Å². The van der Waals surface area contributed by atoms with Gasteiger partial charge in [-0.3, -0.25) is 9.59 Å². The number of carbonyl (C=O) groups is 2. The molecule has 1 fully saturated rings. The lowest BCUT2D eigenvalue weighted by Crippen LogP contribution is -2.43. The van der Waals surface area contributed by atoms with Gasteiger partial charge < -0.3 is 40.5 Å². The molecule has 0 atom stereocenters. The number of nitrogens with two attached hydrogens (primary N) is 2. The van der Waals surface area contributed by atoms with Gasteiger partial charge >= 0.3 is 0 Å². The number of aromatic amines is 1. The zero-order chi connectivity index (χ0) is 31.4. The summed E-state index contributed by atoms with van der Waals surface area (Å²) in [4.78, 5) is 34.5. The number of hydrogen-bond donors (Lipinski definition) is 4. The number of fused-ring (bicyclic) bond motifs is 1. The molecule has 2 aromatic carbocycles. The Labute approximate surface area is 256 Å². The Morgan fingerprint density at radius 3 is 2.57 bits per heavy atom. The standard InChI is InChI=1S/C32H41FN8O3/c1-38(2)32(43)27-19-26-25(23-7-6-22(17-28(23)44-3)39-15-10-36-11-16-39)18-24(30(33)31(26)37-27)21-5-4-12-40(20-21)29(42)8-13-41(35)14-9-34/h5-7,9,14,17-19,36-37H,4,8,10-13,15-16,20,34-35H2,1-3H3/b14-9-. The van der Waals surface area contributed by atoms with E-state index < -0.39 is 5.82 Å². The van der Waals surface area contributed by atoms with E-state index in [0.29, 0.717) is 41.8 Å². The van der Waals surface area contributed by atoms with Crippen LogP contribution in [0, 0.1) is 5.82 Å². The van der Waals surface area contributed by atoms with E-state index in [1.54, 1.807) is 32.2 Å². The number of halogens is 1. The van der Waals surface area contributed by atoms with Crippen molar-refractivity contribution >= 4 is 34.0 Å². The predicted octanol–water partition coefficient (Wildman–Crippen LogP) is 2.71. The highest BCUT2D eigenvalue weighted by Crippen LogP contribution is 2.41. The lowest BCUT2D eigenvalue weighted by Gasteiger charge is -2.30. The van der Waals surface area contributed by atoms with E-state index in [1.807, 2.05) is 24.3 Å². The molecule has 3 heterocycles. The fraction of sp³-hybridized carbons (Fsp3) is 0.375. The molecule has 12 heteroatoms. The fourth-order valence-corrected chi connectivity index (χ4v) is 5.81. The first-order valence-corrected chi connectivity index (χ1v) is 14.8. The first kappa shape index (κ1) is 30.9. The third-order valence-electron chi connectivity index (χ3n) is 8.16. The Bertz CT molecular complexity index is 1590. The van der Waals surface area contributed by atoms with Gasteiger partial charge in [0.2, 0.25) is 5.91 Å². The van der Waals surface area contributed by atoms with E-state index in [-0.39, 0.29) is 36.0 Å². The van der Waals surface area contributed by atoms with Gasteiger partial charge in [-0.2, -0.15) is 0 Å². The van der Waals surface area contributed by atoms with Crippen LogP contribution in [0.2, 0.25) is 0 Å². The number of hydrazine groups is 1. The molecule has 2 aliphatic heterocycles. The number of ether oxygens (including phenoxy) is 1. The molecular weight excluding hydrogens is 563 g/mol. The smallest absolute Gasteiger partial charge is 0.269 e. The number of rotatable bonds is 9. The number of H-pyrrole nitrogens is 1. The molecule has 3 aromatic rings. The molecule has 44 heavy (non-hydrogen) atoms. The van der Waals surface area contributed by atoms with Crippen molar-refractivity contribution in [1.82, 2.24) is 25.1 Å². The summed E-state index contributed by atoms with van der Waals surface area (Å²) in [6, 6.07) is 9.56. The van der Waals surface area contributed by atoms with Crippen LogP contribution in [0.25, 0.3) is 27.6 Å². The molecule has 2 aliphatic rings. The second-order valence-corrected chi connectivity index (χ2v) is 11.2. The van der Waals surface area contributed by atoms with Crippen LogP contribution >= 0.6 is 0 Å². The van der Waals surface area contributed by atoms with Crippen molar-refractivity contribution in [2.24, 2.45) is 11.6 Å². The van der Waals surface area contributed by atoms with Gasteiger partial charge in [0, 0.05) is 107 Å². The van der Waals surface area contributed by atoms with Crippen LogP contribution in [-0.4, -0.2) is 98.6 Å². The minimum absolute atomic E-state index is 0.0814. The lowest BCUT2D eigenvalue weighted by molar-refractivity contribution is -0.130. The number of hydrogen-bond acceptors (Lipinski definition) is 8. The van der Waals surface area contributed by atoms with Gasteiger partial charge in [-0.05, 0) is 41.8 Å². The topological polar surface area (TPSA) is 136 Å². The number of amides is 2. The number of methoxy groups -OCH3 is 1. The number of benzene rings is 2. The average Bonchev–Trinajstić information content (AvgIpc) is 3.50. The summed E-state index contributed by atoms with van der Waals surface area (Å²) in [6.45, 7) is 4.67. The Balaban J connectivity index is 1.56. The number of anilines is 1. The molecule has 2 amide bonds. The summed E-state index contributed by atoms with van der Waals surface area (Å²) in [5.41, 5.74) is 9.52. The molecule has 1 saturated heterocycles. The van der Waals surface area contributed by atoms with Crippen molar-refractivity contribution in [3.8, 4) is 16.9 Å². The minimum Gasteiger partial charge on any atom is -0.496 e. The summed E-state index contributed by atoms with van der Waals surface area (Å²) >= 11 is 0. The Kier molecular flexibility index (Phi) is 9.40. The molecule has 0 unspecified atom stereocenters. The second kappa shape index (κ2) is 13.4. The summed E-state index contributed by atoms with van der Waals surface area (Å²) in [7, 11) is 4.94. The van der Waals surface area contributed by atoms with E-state index in [0.717, 1.165) is 43.0 Å². The second-order valence-electron chi connectivity index (χ2n) is 11.2. The molecule has 6 N–H and O–H groups in total. The number of nitrogens with zero attached hydrogens (tertiary/aromatic N) is 4. The number of aromatic nitrogens is 1. The van der Waals surface area contributed by atoms with Gasteiger partial charge in [0.15, 0.2) is 5.82 Å². The first-order valence-electron chi connectivity index (χ1n) is 14.8. The third-order valence-corrected chi connectivity index (χ3v) is 8.16. The van der Waals surface area contributed by atoms with E-state index in [2.05, 4.69) is 21.3 Å². The molecule has 0 bridgehead atoms. The summed E-state index contributed by atoms with van der Waals surface area (Å²) in [5.74, 6) is 5.66. The monoisotopic (exact) mass is 604 g/mol. The Morgan fingerprint density at radius 1 is 1.09 bits per heavy atom. The van der Waals surface area contributed by atoms with Crippen molar-refractivity contribution < 1.29 is 18.7 Å². The summed E-state index contributed by atoms with van der Waals surface area (Å²) in [6.07, 6.45) is 5.57. The Hall–Kier alpha value is -4.55. The zero-order valence-corrected chi connectivity index (χ0v) is 25.5. The molecule has 5 rings (SSSR count). The van der Waals surface area contributed by atoms with Gasteiger partial charge in [-0.1, -0.05) is 6.08 Å². The molecule has 0 saturated carbocycles. The third kappa shape index (κ3) is 6.36. The summed E-state index contributed by atoms with van der Waals surface area (Å²) < 4.78 is 22.3. The van der Waals surface area contributed by atoms with Crippen molar-refractivity contribution in [3.05, 3.63) is 65.9 Å². The van der Waals surface area contributed by atoms with Crippen LogP contribution in [-0.2, 0) is 4.79 Å². The fourth-order valence-electron chi connectivity index (χ4n) is 5.81. The van der Waals surface area contributed by atoms with Gasteiger partial charge in [0.1, 0.15) is 11.4 Å². The van der Waals surface area contributed by atoms with Crippen molar-refractivity contribution in [3.63, 3.8) is 0 Å². The molecule has 0 radical (unpaired) electrons. The number of nitrogens with one attached hydrogen (secondary N) is 2. The normalized spacial score (nSPS) is 15.5. The highest BCUT2D eigenvalue weighted by atomic mass is 19.1. The van der Waals surface area contributed by atoms with E-state index >= 15 is 4.39 Å². The van der Waals surface area contributed by atoms with E-state index in [4.69, 9.17) is 16.3 Å². The van der Waals surface area contributed by atoms with Crippen LogP contribution in [0.15, 0.2) is 48.8 Å². The maximum absolute atomic E-state index is 16.4. The van der Waals surface area contributed by atoms with Gasteiger partial charge in [0.05, 0.1) is 12.6 Å². The van der Waals surface area contributed by atoms with Gasteiger partial charge in [-0.15, -0.1) is 0 Å². The molecule has 234 valence electrons. The average molecular weight is 605 g/mol. The number of piperazine rings is 1. The van der Waals surface area contributed by atoms with Crippen molar-refractivity contribution in [2.75, 3.05) is 71.9 Å². The molecule has 0 spiro atoms. The molecule has 0 aliphatic carbocycles. The summed E-state index contributed by atoms with van der Waals surface area (Å²) in [5, 5.41) is 5.30. The zero-order valence-electron chi connectivity index (χ0n) is 25.5.